The number of rotatable bonds is 13. The van der Waals surface area contributed by atoms with Gasteiger partial charge in [-0.3, -0.25) is 19.2 Å². The van der Waals surface area contributed by atoms with Crippen molar-refractivity contribution in [3.63, 3.8) is 0 Å². The maximum atomic E-state index is 13.9. The van der Waals surface area contributed by atoms with E-state index in [2.05, 4.69) is 21.3 Å². The second-order valence-corrected chi connectivity index (χ2v) is 12.7. The van der Waals surface area contributed by atoms with Crippen LogP contribution in [-0.2, 0) is 25.6 Å². The largest absolute Gasteiger partial charge is 0.480 e. The third-order valence-electron chi connectivity index (χ3n) is 7.87. The first-order chi connectivity index (χ1) is 21.0. The van der Waals surface area contributed by atoms with E-state index in [1.165, 1.54) is 11.3 Å². The Kier molecular flexibility index (Phi) is 11.1. The Morgan fingerprint density at radius 3 is 2.34 bits per heavy atom. The van der Waals surface area contributed by atoms with Crippen molar-refractivity contribution in [2.24, 2.45) is 11.8 Å². The number of nitrogens with one attached hydrogen (secondary N) is 4. The van der Waals surface area contributed by atoms with Gasteiger partial charge in [0.2, 0.25) is 17.7 Å². The molecule has 2 heterocycles. The number of piperidine rings is 1. The molecule has 3 unspecified atom stereocenters. The molecule has 3 aromatic rings. The lowest BCUT2D eigenvalue weighted by atomic mass is 9.91. The second kappa shape index (κ2) is 15.0. The molecule has 1 saturated heterocycles. The minimum absolute atomic E-state index is 0.0154. The Bertz CT molecular complexity index is 1510. The van der Waals surface area contributed by atoms with Gasteiger partial charge in [-0.15, -0.1) is 11.3 Å². The van der Waals surface area contributed by atoms with E-state index in [0.29, 0.717) is 17.8 Å². The van der Waals surface area contributed by atoms with E-state index < -0.39 is 41.8 Å². The summed E-state index contributed by atoms with van der Waals surface area (Å²) in [5.41, 5.74) is 1.65. The third-order valence-corrected chi connectivity index (χ3v) is 8.88. The number of aryl methyl sites for hydroxylation is 1. The third kappa shape index (κ3) is 8.43. The molecule has 0 radical (unpaired) electrons. The zero-order chi connectivity index (χ0) is 31.8. The van der Waals surface area contributed by atoms with Crippen molar-refractivity contribution in [2.45, 2.75) is 71.0 Å². The summed E-state index contributed by atoms with van der Waals surface area (Å²) in [5, 5.41) is 24.6. The number of aliphatic carboxylic acids is 1. The molecule has 4 atom stereocenters. The summed E-state index contributed by atoms with van der Waals surface area (Å²) in [6.07, 6.45) is 1.64. The molecule has 0 aliphatic carbocycles. The van der Waals surface area contributed by atoms with Gasteiger partial charge in [-0.2, -0.15) is 0 Å². The highest BCUT2D eigenvalue weighted by Crippen LogP contribution is 2.22. The van der Waals surface area contributed by atoms with Gasteiger partial charge in [0.25, 0.3) is 5.91 Å². The Hall–Kier alpha value is -4.25. The predicted molar refractivity (Wildman–Crippen MR) is 169 cm³/mol. The van der Waals surface area contributed by atoms with Crippen LogP contribution in [0, 0.1) is 18.8 Å². The average Bonchev–Trinajstić information content (AvgIpc) is 3.42. The van der Waals surface area contributed by atoms with Crippen LogP contribution in [-0.4, -0.2) is 59.4 Å². The van der Waals surface area contributed by atoms with Crippen molar-refractivity contribution in [1.29, 1.82) is 0 Å². The van der Waals surface area contributed by atoms with Crippen LogP contribution >= 0.6 is 11.3 Å². The van der Waals surface area contributed by atoms with Crippen LogP contribution in [0.2, 0.25) is 0 Å². The fourth-order valence-corrected chi connectivity index (χ4v) is 6.37. The zero-order valence-corrected chi connectivity index (χ0v) is 26.0. The lowest BCUT2D eigenvalue weighted by molar-refractivity contribution is -0.143. The number of amides is 4. The highest BCUT2D eigenvalue weighted by Gasteiger charge is 2.33. The van der Waals surface area contributed by atoms with Gasteiger partial charge in [0.15, 0.2) is 0 Å². The first kappa shape index (κ1) is 32.7. The molecule has 2 aromatic carbocycles. The van der Waals surface area contributed by atoms with Crippen molar-refractivity contribution in [3.05, 3.63) is 69.9 Å². The Morgan fingerprint density at radius 2 is 1.66 bits per heavy atom. The predicted octanol–water partition coefficient (Wildman–Crippen LogP) is 3.57. The number of carboxylic acid groups (broad SMARTS) is 1. The van der Waals surface area contributed by atoms with Gasteiger partial charge in [0.1, 0.15) is 18.1 Å². The van der Waals surface area contributed by atoms with Gasteiger partial charge in [-0.05, 0) is 71.9 Å². The minimum atomic E-state index is -1.30. The van der Waals surface area contributed by atoms with Crippen LogP contribution in [0.4, 0.5) is 0 Å². The molecule has 44 heavy (non-hydrogen) atoms. The number of carbonyl (C=O) groups is 5. The molecule has 234 valence electrons. The highest BCUT2D eigenvalue weighted by atomic mass is 32.1. The molecule has 11 heteroatoms. The van der Waals surface area contributed by atoms with E-state index in [-0.39, 0.29) is 37.0 Å². The zero-order valence-electron chi connectivity index (χ0n) is 25.2. The molecule has 5 N–H and O–H groups in total. The molecular weight excluding hydrogens is 580 g/mol. The van der Waals surface area contributed by atoms with Crippen LogP contribution in [0.15, 0.2) is 53.9 Å². The van der Waals surface area contributed by atoms with Crippen molar-refractivity contribution in [2.75, 3.05) is 6.54 Å². The number of carbonyl (C=O) groups excluding carboxylic acids is 4. The second-order valence-electron chi connectivity index (χ2n) is 11.8. The Balaban J connectivity index is 1.56. The van der Waals surface area contributed by atoms with Gasteiger partial charge in [-0.1, -0.05) is 56.3 Å². The normalized spacial score (nSPS) is 16.9. The molecule has 4 amide bonds. The van der Waals surface area contributed by atoms with E-state index in [9.17, 15) is 29.1 Å². The van der Waals surface area contributed by atoms with Gasteiger partial charge >= 0.3 is 5.97 Å². The summed E-state index contributed by atoms with van der Waals surface area (Å²) >= 11 is 1.28. The quantitative estimate of drug-likeness (QED) is 0.197. The number of hydrogen-bond donors (Lipinski definition) is 5. The van der Waals surface area contributed by atoms with Crippen molar-refractivity contribution in [3.8, 4) is 0 Å². The molecule has 1 aromatic heterocycles. The van der Waals surface area contributed by atoms with Gasteiger partial charge in [-0.25, -0.2) is 4.79 Å². The van der Waals surface area contributed by atoms with E-state index >= 15 is 0 Å². The van der Waals surface area contributed by atoms with E-state index in [1.807, 2.05) is 74.7 Å². The van der Waals surface area contributed by atoms with Crippen LogP contribution in [0.1, 0.15) is 60.3 Å². The van der Waals surface area contributed by atoms with Crippen LogP contribution in [0.3, 0.4) is 0 Å². The molecule has 1 fully saturated rings. The first-order valence-electron chi connectivity index (χ1n) is 15.0. The number of thiophene rings is 1. The molecule has 4 rings (SSSR count). The Morgan fingerprint density at radius 1 is 0.955 bits per heavy atom. The number of fused-ring (bicyclic) bond motifs is 1. The maximum Gasteiger partial charge on any atom is 0.326 e. The van der Waals surface area contributed by atoms with Crippen molar-refractivity contribution in [1.82, 2.24) is 21.3 Å². The fraction of sp³-hybridized carbons (Fsp3) is 0.424. The lowest BCUT2D eigenvalue weighted by Crippen LogP contribution is -2.57. The van der Waals surface area contributed by atoms with Gasteiger partial charge < -0.3 is 26.4 Å². The summed E-state index contributed by atoms with van der Waals surface area (Å²) in [6.45, 7) is 6.15. The molecule has 0 spiro atoms. The van der Waals surface area contributed by atoms with Gasteiger partial charge in [0.05, 0.1) is 4.88 Å². The van der Waals surface area contributed by atoms with Gasteiger partial charge in [0, 0.05) is 18.9 Å². The monoisotopic (exact) mass is 620 g/mol. The average molecular weight is 621 g/mol. The molecule has 0 bridgehead atoms. The number of carboxylic acids is 1. The first-order valence-corrected chi connectivity index (χ1v) is 15.8. The van der Waals surface area contributed by atoms with E-state index in [1.54, 1.807) is 0 Å². The summed E-state index contributed by atoms with van der Waals surface area (Å²) in [5.74, 6) is -3.61. The molecule has 10 nitrogen and oxygen atoms in total. The fourth-order valence-electron chi connectivity index (χ4n) is 5.54. The maximum absolute atomic E-state index is 13.9. The molecular formula is C33H40N4O6S. The van der Waals surface area contributed by atoms with E-state index in [4.69, 9.17) is 0 Å². The summed E-state index contributed by atoms with van der Waals surface area (Å²) in [7, 11) is 0. The summed E-state index contributed by atoms with van der Waals surface area (Å²) in [6, 6.07) is 12.0. The standard InChI is InChI=1S/C33H40N4O6S/c1-19(2)16-25(30(39)37-27(33(42)43)18-23-11-7-14-34-29(23)38)35-31(40)26(36-32(41)28-20(3)13-15-44-28)17-22-10-6-9-21-8-4-5-12-24(21)22/h4-6,8-10,12-13,15,19,23,25-27H,7,11,14,16-18H2,1-3H3,(H,34,38)(H,35,40)(H,36,41)(H,37,39)(H,42,43)/t23-,25?,26?,27?/m0/s1. The lowest BCUT2D eigenvalue weighted by Gasteiger charge is -2.28. The molecule has 0 saturated carbocycles. The molecule has 1 aliphatic rings. The topological polar surface area (TPSA) is 154 Å². The van der Waals surface area contributed by atoms with Crippen molar-refractivity contribution < 1.29 is 29.1 Å². The summed E-state index contributed by atoms with van der Waals surface area (Å²) in [4.78, 5) is 65.5. The van der Waals surface area contributed by atoms with Crippen molar-refractivity contribution >= 4 is 51.7 Å². The number of hydrogen-bond acceptors (Lipinski definition) is 6. The number of benzene rings is 2. The minimum Gasteiger partial charge on any atom is -0.480 e. The van der Waals surface area contributed by atoms with Crippen LogP contribution in [0.25, 0.3) is 10.8 Å². The molecule has 1 aliphatic heterocycles. The summed E-state index contributed by atoms with van der Waals surface area (Å²) < 4.78 is 0. The highest BCUT2D eigenvalue weighted by molar-refractivity contribution is 7.12. The smallest absolute Gasteiger partial charge is 0.326 e. The van der Waals surface area contributed by atoms with Crippen LogP contribution in [0.5, 0.6) is 0 Å². The van der Waals surface area contributed by atoms with E-state index in [0.717, 1.165) is 28.3 Å². The SMILES string of the molecule is Cc1ccsc1C(=O)NC(Cc1cccc2ccccc12)C(=O)NC(CC(C)C)C(=O)NC(C[C@@H]1CCCNC1=O)C(=O)O. The Labute approximate surface area is 261 Å². The van der Waals surface area contributed by atoms with Crippen LogP contribution < -0.4 is 21.3 Å².